The summed E-state index contributed by atoms with van der Waals surface area (Å²) in [5, 5.41) is -1.72. The largest absolute Gasteiger partial charge is 0.460 e. The highest BCUT2D eigenvalue weighted by Gasteiger charge is 2.62. The summed E-state index contributed by atoms with van der Waals surface area (Å²) < 4.78 is 99.3. The lowest BCUT2D eigenvalue weighted by molar-refractivity contribution is -0.147. The molecule has 0 bridgehead atoms. The number of halogens is 10. The van der Waals surface area contributed by atoms with Gasteiger partial charge in [0.15, 0.2) is 23.3 Å². The molecule has 1 fully saturated rings. The molecule has 0 amide bonds. The zero-order valence-electron chi connectivity index (χ0n) is 15.8. The first-order valence-corrected chi connectivity index (χ1v) is 9.73. The van der Waals surface area contributed by atoms with Gasteiger partial charge in [0.25, 0.3) is 0 Å². The maximum absolute atomic E-state index is 14.2. The lowest BCUT2D eigenvalue weighted by Gasteiger charge is -2.12. The summed E-state index contributed by atoms with van der Waals surface area (Å²) in [7, 11) is 0. The van der Waals surface area contributed by atoms with Crippen LogP contribution in [0.4, 0.5) is 30.7 Å². The van der Waals surface area contributed by atoms with Crippen molar-refractivity contribution in [2.75, 3.05) is 0 Å². The summed E-state index contributed by atoms with van der Waals surface area (Å²) in [5.74, 6) is -10.2. The van der Waals surface area contributed by atoms with Crippen molar-refractivity contribution in [2.24, 2.45) is 17.3 Å². The van der Waals surface area contributed by atoms with Gasteiger partial charge in [-0.25, -0.2) is 17.6 Å². The van der Waals surface area contributed by atoms with Gasteiger partial charge in [-0.15, -0.1) is 0 Å². The van der Waals surface area contributed by atoms with E-state index >= 15 is 0 Å². The highest BCUT2D eigenvalue weighted by molar-refractivity contribution is 6.36. The van der Waals surface area contributed by atoms with E-state index in [4.69, 9.17) is 39.5 Å². The molecule has 2 rings (SSSR count). The Morgan fingerprint density at radius 3 is 1.97 bits per heavy atom. The number of hydrogen-bond acceptors (Lipinski definition) is 2. The van der Waals surface area contributed by atoms with Gasteiger partial charge in [-0.2, -0.15) is 13.2 Å². The monoisotopic (exact) mass is 512 g/mol. The van der Waals surface area contributed by atoms with Gasteiger partial charge in [0.05, 0.1) is 11.5 Å². The van der Waals surface area contributed by atoms with Gasteiger partial charge < -0.3 is 4.74 Å². The number of carbonyl (C=O) groups excluding carboxylic acids is 1. The number of carbonyl (C=O) groups is 1. The molecular weight excluding hydrogens is 500 g/mol. The molecule has 31 heavy (non-hydrogen) atoms. The Kier molecular flexibility index (Phi) is 7.65. The summed E-state index contributed by atoms with van der Waals surface area (Å²) in [4.78, 5) is 12.2. The molecule has 0 aliphatic heterocycles. The third kappa shape index (κ3) is 5.31. The van der Waals surface area contributed by atoms with Crippen LogP contribution in [-0.2, 0) is 22.6 Å². The van der Waals surface area contributed by atoms with Gasteiger partial charge in [-0.1, -0.05) is 54.7 Å². The van der Waals surface area contributed by atoms with Crippen LogP contribution in [0.1, 0.15) is 25.0 Å². The second-order valence-corrected chi connectivity index (χ2v) is 8.50. The molecular formula is C19H14Cl3F7O2. The molecule has 1 aliphatic carbocycles. The normalized spacial score (nSPS) is 21.3. The van der Waals surface area contributed by atoms with Crippen molar-refractivity contribution in [1.29, 1.82) is 0 Å². The summed E-state index contributed by atoms with van der Waals surface area (Å²) in [6, 6.07) is 0. The fourth-order valence-electron chi connectivity index (χ4n) is 3.14. The zero-order chi connectivity index (χ0) is 23.9. The van der Waals surface area contributed by atoms with Gasteiger partial charge in [0.1, 0.15) is 11.6 Å². The molecule has 0 spiro atoms. The Morgan fingerprint density at radius 1 is 1.03 bits per heavy atom. The maximum Gasteiger partial charge on any atom is 0.426 e. The van der Waals surface area contributed by atoms with Crippen molar-refractivity contribution in [2.45, 2.75) is 33.1 Å². The fraction of sp³-hybridized carbons (Fsp3) is 0.421. The SMILES string of the molecule is CC1(C)[C@H](/C=C(\Cl)C(F)(F)F)[C@@H]1C(=O)OCc1c(F)c(F)c(C/C(Cl)=C\Cl)c(F)c1F. The van der Waals surface area contributed by atoms with Crippen molar-refractivity contribution in [3.05, 3.63) is 56.1 Å². The van der Waals surface area contributed by atoms with E-state index in [-0.39, 0.29) is 5.03 Å². The van der Waals surface area contributed by atoms with Crippen LogP contribution in [0.15, 0.2) is 21.7 Å². The smallest absolute Gasteiger partial charge is 0.426 e. The molecule has 0 unspecified atom stereocenters. The minimum absolute atomic E-state index is 0.287. The summed E-state index contributed by atoms with van der Waals surface area (Å²) in [5.41, 5.74) is -2.43. The molecule has 1 aromatic rings. The van der Waals surface area contributed by atoms with Crippen LogP contribution in [0.2, 0.25) is 0 Å². The number of hydrogen-bond donors (Lipinski definition) is 0. The highest BCUT2D eigenvalue weighted by atomic mass is 35.5. The first-order valence-electron chi connectivity index (χ1n) is 8.54. The Balaban J connectivity index is 2.21. The highest BCUT2D eigenvalue weighted by Crippen LogP contribution is 2.60. The number of alkyl halides is 3. The van der Waals surface area contributed by atoms with Crippen LogP contribution in [-0.4, -0.2) is 12.1 Å². The standard InChI is InChI=1S/C19H14Cl3F7O2/c1-18(2)10(4-11(22)19(27,28)29)12(18)17(30)31-6-9-15(25)13(23)8(3-7(21)5-20)14(24)16(9)26/h4-5,10,12H,3,6H2,1-2H3/b7-5+,11-4-/t10-,12-/m1/s1. The van der Waals surface area contributed by atoms with Crippen LogP contribution in [0.5, 0.6) is 0 Å². The molecule has 0 heterocycles. The lowest BCUT2D eigenvalue weighted by Crippen LogP contribution is -2.15. The topological polar surface area (TPSA) is 26.3 Å². The van der Waals surface area contributed by atoms with Crippen LogP contribution >= 0.6 is 34.8 Å². The second-order valence-electron chi connectivity index (χ2n) is 7.39. The quantitative estimate of drug-likeness (QED) is 0.230. The molecule has 172 valence electrons. The van der Waals surface area contributed by atoms with Crippen molar-refractivity contribution in [3.63, 3.8) is 0 Å². The predicted molar refractivity (Wildman–Crippen MR) is 100 cm³/mol. The molecule has 0 radical (unpaired) electrons. The lowest BCUT2D eigenvalue weighted by atomic mass is 10.1. The van der Waals surface area contributed by atoms with Crippen LogP contribution in [0.3, 0.4) is 0 Å². The number of ether oxygens (including phenoxy) is 1. The van der Waals surface area contributed by atoms with E-state index < -0.39 is 81.9 Å². The van der Waals surface area contributed by atoms with E-state index in [2.05, 4.69) is 0 Å². The maximum atomic E-state index is 14.2. The van der Waals surface area contributed by atoms with Crippen molar-refractivity contribution in [1.82, 2.24) is 0 Å². The number of benzene rings is 1. The minimum atomic E-state index is -4.81. The van der Waals surface area contributed by atoms with Crippen LogP contribution in [0, 0.1) is 40.5 Å². The molecule has 1 saturated carbocycles. The summed E-state index contributed by atoms with van der Waals surface area (Å²) in [6.07, 6.45) is -4.88. The van der Waals surface area contributed by atoms with Gasteiger partial charge in [0.2, 0.25) is 0 Å². The Labute approximate surface area is 187 Å². The molecule has 0 saturated heterocycles. The van der Waals surface area contributed by atoms with Crippen molar-refractivity contribution < 1.29 is 40.3 Å². The molecule has 0 aromatic heterocycles. The molecule has 0 N–H and O–H groups in total. The Bertz CT molecular complexity index is 926. The van der Waals surface area contributed by atoms with E-state index in [1.54, 1.807) is 0 Å². The van der Waals surface area contributed by atoms with Gasteiger partial charge in [-0.05, 0) is 11.3 Å². The van der Waals surface area contributed by atoms with E-state index in [1.165, 1.54) is 13.8 Å². The van der Waals surface area contributed by atoms with E-state index in [9.17, 15) is 35.5 Å². The molecule has 2 atom stereocenters. The van der Waals surface area contributed by atoms with Crippen LogP contribution in [0.25, 0.3) is 0 Å². The first kappa shape index (κ1) is 25.8. The number of allylic oxidation sites excluding steroid dienone is 3. The fourth-order valence-corrected chi connectivity index (χ4v) is 3.48. The van der Waals surface area contributed by atoms with E-state index in [0.29, 0.717) is 6.08 Å². The molecule has 12 heteroatoms. The van der Waals surface area contributed by atoms with Crippen LogP contribution < -0.4 is 0 Å². The van der Waals surface area contributed by atoms with Gasteiger partial charge >= 0.3 is 12.1 Å². The summed E-state index contributed by atoms with van der Waals surface area (Å²) in [6.45, 7) is 1.74. The average molecular weight is 514 g/mol. The van der Waals surface area contributed by atoms with Crippen molar-refractivity contribution >= 4 is 40.8 Å². The zero-order valence-corrected chi connectivity index (χ0v) is 18.1. The van der Waals surface area contributed by atoms with Crippen molar-refractivity contribution in [3.8, 4) is 0 Å². The average Bonchev–Trinajstić information content (AvgIpc) is 3.22. The summed E-state index contributed by atoms with van der Waals surface area (Å²) >= 11 is 16.0. The predicted octanol–water partition coefficient (Wildman–Crippen LogP) is 7.10. The van der Waals surface area contributed by atoms with Gasteiger partial charge in [-0.3, -0.25) is 4.79 Å². The molecule has 1 aliphatic rings. The minimum Gasteiger partial charge on any atom is -0.460 e. The Morgan fingerprint density at radius 2 is 1.52 bits per heavy atom. The number of rotatable bonds is 6. The second kappa shape index (κ2) is 9.19. The van der Waals surface area contributed by atoms with E-state index in [0.717, 1.165) is 5.54 Å². The van der Waals surface area contributed by atoms with E-state index in [1.807, 2.05) is 0 Å². The first-order chi connectivity index (χ1) is 14.1. The third-order valence-corrected chi connectivity index (χ3v) is 5.99. The molecule has 2 nitrogen and oxygen atoms in total. The number of esters is 1. The third-order valence-electron chi connectivity index (χ3n) is 5.03. The van der Waals surface area contributed by atoms with Gasteiger partial charge in [0, 0.05) is 22.6 Å². The molecule has 1 aromatic carbocycles. The Hall–Kier alpha value is -1.45.